The average molecular weight is 231 g/mol. The Morgan fingerprint density at radius 2 is 2.18 bits per heavy atom. The van der Waals surface area contributed by atoms with Gasteiger partial charge in [0.05, 0.1) is 6.04 Å². The molecule has 0 saturated heterocycles. The minimum absolute atomic E-state index is 0.210. The Morgan fingerprint density at radius 3 is 2.71 bits per heavy atom. The predicted molar refractivity (Wildman–Crippen MR) is 71.2 cm³/mol. The van der Waals surface area contributed by atoms with Gasteiger partial charge in [0.15, 0.2) is 0 Å². The maximum atomic E-state index is 13.2. The van der Waals surface area contributed by atoms with Gasteiger partial charge in [-0.15, -0.1) is 0 Å². The van der Waals surface area contributed by atoms with Crippen LogP contribution in [0.4, 0.5) is 4.39 Å². The summed E-state index contributed by atoms with van der Waals surface area (Å²) in [6.45, 7) is 7.41. The van der Waals surface area contributed by atoms with E-state index in [-0.39, 0.29) is 11.9 Å². The van der Waals surface area contributed by atoms with Crippen LogP contribution in [0.15, 0.2) is 54.7 Å². The van der Waals surface area contributed by atoms with Gasteiger partial charge in [-0.3, -0.25) is 0 Å². The van der Waals surface area contributed by atoms with E-state index in [0.29, 0.717) is 5.56 Å². The van der Waals surface area contributed by atoms with Crippen molar-refractivity contribution in [3.8, 4) is 0 Å². The Morgan fingerprint density at radius 1 is 1.47 bits per heavy atom. The summed E-state index contributed by atoms with van der Waals surface area (Å²) in [4.78, 5) is 0. The molecule has 1 rings (SSSR count). The second kappa shape index (κ2) is 6.16. The number of aryl methyl sites for hydroxylation is 1. The van der Waals surface area contributed by atoms with Crippen LogP contribution in [0.5, 0.6) is 0 Å². The largest absolute Gasteiger partial charge is 0.320 e. The molecule has 90 valence electrons. The molecule has 1 aromatic carbocycles. The molecule has 1 unspecified atom stereocenters. The lowest BCUT2D eigenvalue weighted by atomic mass is 9.97. The number of hydrogen-bond acceptors (Lipinski definition) is 1. The standard InChI is InChI=1S/C15H18FN/c1-4-6-7-12(5-2)15(17)13-8-9-14(16)11(3)10-13/h4-10,15H,2,17H2,1,3H3/b6-4-,12-7+. The summed E-state index contributed by atoms with van der Waals surface area (Å²) in [5.41, 5.74) is 8.52. The smallest absolute Gasteiger partial charge is 0.126 e. The third-order valence-electron chi connectivity index (χ3n) is 2.62. The monoisotopic (exact) mass is 231 g/mol. The van der Waals surface area contributed by atoms with Gasteiger partial charge >= 0.3 is 0 Å². The van der Waals surface area contributed by atoms with Crippen molar-refractivity contribution in [2.45, 2.75) is 19.9 Å². The van der Waals surface area contributed by atoms with Crippen LogP contribution in [0, 0.1) is 12.7 Å². The van der Waals surface area contributed by atoms with Crippen LogP contribution in [-0.2, 0) is 0 Å². The zero-order valence-electron chi connectivity index (χ0n) is 10.3. The molecule has 0 fully saturated rings. The van der Waals surface area contributed by atoms with Crippen molar-refractivity contribution < 1.29 is 4.39 Å². The van der Waals surface area contributed by atoms with Crippen molar-refractivity contribution >= 4 is 0 Å². The molecule has 1 aromatic rings. The molecule has 0 aliphatic rings. The Labute approximate surface area is 102 Å². The van der Waals surface area contributed by atoms with E-state index in [1.165, 1.54) is 6.07 Å². The minimum atomic E-state index is -0.275. The summed E-state index contributed by atoms with van der Waals surface area (Å²) in [5, 5.41) is 0. The second-order valence-corrected chi connectivity index (χ2v) is 3.88. The van der Waals surface area contributed by atoms with Crippen LogP contribution in [0.2, 0.25) is 0 Å². The minimum Gasteiger partial charge on any atom is -0.320 e. The van der Waals surface area contributed by atoms with Crippen molar-refractivity contribution in [1.82, 2.24) is 0 Å². The summed E-state index contributed by atoms with van der Waals surface area (Å²) in [6, 6.07) is 4.65. The first-order valence-electron chi connectivity index (χ1n) is 5.57. The van der Waals surface area contributed by atoms with Gasteiger partial charge in [-0.1, -0.05) is 43.0 Å². The summed E-state index contributed by atoms with van der Waals surface area (Å²) in [5.74, 6) is -0.210. The molecule has 0 aliphatic heterocycles. The fraction of sp³-hybridized carbons (Fsp3) is 0.200. The van der Waals surface area contributed by atoms with Gasteiger partial charge in [-0.25, -0.2) is 4.39 Å². The van der Waals surface area contributed by atoms with Gasteiger partial charge in [-0.05, 0) is 36.6 Å². The van der Waals surface area contributed by atoms with E-state index in [2.05, 4.69) is 6.58 Å². The molecule has 17 heavy (non-hydrogen) atoms. The molecule has 0 bridgehead atoms. The molecule has 2 N–H and O–H groups in total. The number of hydrogen-bond donors (Lipinski definition) is 1. The maximum absolute atomic E-state index is 13.2. The third-order valence-corrected chi connectivity index (χ3v) is 2.62. The van der Waals surface area contributed by atoms with Gasteiger partial charge in [0, 0.05) is 0 Å². The molecular weight excluding hydrogens is 213 g/mol. The SMILES string of the molecule is C=C/C(=C\C=C/C)C(N)c1ccc(F)c(C)c1. The zero-order chi connectivity index (χ0) is 12.8. The first-order valence-corrected chi connectivity index (χ1v) is 5.57. The van der Waals surface area contributed by atoms with Crippen molar-refractivity contribution in [3.05, 3.63) is 71.6 Å². The Kier molecular flexibility index (Phi) is 4.85. The van der Waals surface area contributed by atoms with Crippen LogP contribution in [0.1, 0.15) is 24.1 Å². The van der Waals surface area contributed by atoms with Gasteiger partial charge in [0.2, 0.25) is 0 Å². The number of benzene rings is 1. The third kappa shape index (κ3) is 3.40. The maximum Gasteiger partial charge on any atom is 0.126 e. The average Bonchev–Trinajstić information content (AvgIpc) is 2.33. The molecule has 0 radical (unpaired) electrons. The molecule has 0 amide bonds. The van der Waals surface area contributed by atoms with E-state index >= 15 is 0 Å². The van der Waals surface area contributed by atoms with E-state index < -0.39 is 0 Å². The van der Waals surface area contributed by atoms with Gasteiger partial charge in [0.1, 0.15) is 5.82 Å². The highest BCUT2D eigenvalue weighted by Gasteiger charge is 2.10. The Balaban J connectivity index is 3.05. The molecule has 0 saturated carbocycles. The molecular formula is C15H18FN. The molecule has 2 heteroatoms. The summed E-state index contributed by atoms with van der Waals surface area (Å²) < 4.78 is 13.2. The zero-order valence-corrected chi connectivity index (χ0v) is 10.3. The van der Waals surface area contributed by atoms with Crippen LogP contribution >= 0.6 is 0 Å². The van der Waals surface area contributed by atoms with Crippen molar-refractivity contribution in [2.24, 2.45) is 5.73 Å². The molecule has 0 heterocycles. The lowest BCUT2D eigenvalue weighted by Crippen LogP contribution is -2.12. The Bertz CT molecular complexity index is 458. The predicted octanol–water partition coefficient (Wildman–Crippen LogP) is 3.82. The highest BCUT2D eigenvalue weighted by molar-refractivity contribution is 5.37. The van der Waals surface area contributed by atoms with Gasteiger partial charge in [0.25, 0.3) is 0 Å². The summed E-state index contributed by atoms with van der Waals surface area (Å²) in [7, 11) is 0. The highest BCUT2D eigenvalue weighted by Crippen LogP contribution is 2.22. The molecule has 1 atom stereocenters. The van der Waals surface area contributed by atoms with E-state index in [9.17, 15) is 4.39 Å². The highest BCUT2D eigenvalue weighted by atomic mass is 19.1. The van der Waals surface area contributed by atoms with E-state index in [1.54, 1.807) is 25.1 Å². The second-order valence-electron chi connectivity index (χ2n) is 3.88. The van der Waals surface area contributed by atoms with E-state index in [4.69, 9.17) is 5.73 Å². The first-order chi connectivity index (χ1) is 8.10. The molecule has 0 aromatic heterocycles. The topological polar surface area (TPSA) is 26.0 Å². The number of rotatable bonds is 4. The van der Waals surface area contributed by atoms with Gasteiger partial charge < -0.3 is 5.73 Å². The quantitative estimate of drug-likeness (QED) is 0.783. The lowest BCUT2D eigenvalue weighted by Gasteiger charge is -2.14. The number of nitrogens with two attached hydrogens (primary N) is 1. The lowest BCUT2D eigenvalue weighted by molar-refractivity contribution is 0.617. The number of allylic oxidation sites excluding steroid dienone is 3. The van der Waals surface area contributed by atoms with Crippen molar-refractivity contribution in [1.29, 1.82) is 0 Å². The van der Waals surface area contributed by atoms with E-state index in [1.807, 2.05) is 25.2 Å². The van der Waals surface area contributed by atoms with Crippen molar-refractivity contribution in [3.63, 3.8) is 0 Å². The van der Waals surface area contributed by atoms with Crippen LogP contribution in [0.25, 0.3) is 0 Å². The summed E-state index contributed by atoms with van der Waals surface area (Å²) in [6.07, 6.45) is 7.47. The fourth-order valence-electron chi connectivity index (χ4n) is 1.56. The van der Waals surface area contributed by atoms with Crippen LogP contribution in [-0.4, -0.2) is 0 Å². The molecule has 0 spiro atoms. The fourth-order valence-corrected chi connectivity index (χ4v) is 1.56. The molecule has 0 aliphatic carbocycles. The summed E-state index contributed by atoms with van der Waals surface area (Å²) >= 11 is 0. The Hall–Kier alpha value is -1.67. The first kappa shape index (κ1) is 13.4. The molecule has 1 nitrogen and oxygen atoms in total. The van der Waals surface area contributed by atoms with Crippen LogP contribution in [0.3, 0.4) is 0 Å². The normalized spacial score (nSPS) is 14.0. The number of halogens is 1. The van der Waals surface area contributed by atoms with Crippen LogP contribution < -0.4 is 5.73 Å². The van der Waals surface area contributed by atoms with E-state index in [0.717, 1.165) is 11.1 Å². The van der Waals surface area contributed by atoms with Gasteiger partial charge in [-0.2, -0.15) is 0 Å². The van der Waals surface area contributed by atoms with Crippen molar-refractivity contribution in [2.75, 3.05) is 0 Å².